The number of carbonyl (C=O) groups excluding carboxylic acids is 1. The Labute approximate surface area is 105 Å². The van der Waals surface area contributed by atoms with E-state index in [0.29, 0.717) is 5.57 Å². The highest BCUT2D eigenvalue weighted by Gasteiger charge is 2.30. The van der Waals surface area contributed by atoms with E-state index in [-0.39, 0.29) is 5.91 Å². The van der Waals surface area contributed by atoms with Gasteiger partial charge in [0, 0.05) is 18.8 Å². The summed E-state index contributed by atoms with van der Waals surface area (Å²) in [7, 11) is 1.75. The molecule has 1 aliphatic heterocycles. The van der Waals surface area contributed by atoms with E-state index in [0.717, 1.165) is 16.9 Å². The summed E-state index contributed by atoms with van der Waals surface area (Å²) in [5.74, 6) is 0.720. The minimum absolute atomic E-state index is 0.00690. The van der Waals surface area contributed by atoms with Crippen molar-refractivity contribution in [2.75, 3.05) is 11.9 Å². The third kappa shape index (κ3) is 1.61. The fourth-order valence-electron chi connectivity index (χ4n) is 2.12. The van der Waals surface area contributed by atoms with Gasteiger partial charge in [0.25, 0.3) is 5.91 Å². The number of fused-ring (bicyclic) bond motifs is 1. The highest BCUT2D eigenvalue weighted by atomic mass is 16.2. The lowest BCUT2D eigenvalue weighted by Gasteiger charge is -2.06. The van der Waals surface area contributed by atoms with Crippen LogP contribution >= 0.6 is 0 Å². The average molecular weight is 236 g/mol. The van der Waals surface area contributed by atoms with E-state index in [2.05, 4.69) is 4.98 Å². The van der Waals surface area contributed by atoms with Crippen LogP contribution in [-0.4, -0.2) is 17.9 Å². The van der Waals surface area contributed by atoms with Gasteiger partial charge in [0.15, 0.2) is 0 Å². The van der Waals surface area contributed by atoms with Crippen LogP contribution in [0.15, 0.2) is 48.7 Å². The quantitative estimate of drug-likeness (QED) is 0.713. The minimum Gasteiger partial charge on any atom is -0.295 e. The van der Waals surface area contributed by atoms with Gasteiger partial charge in [-0.3, -0.25) is 9.69 Å². The Kier molecular flexibility index (Phi) is 2.45. The van der Waals surface area contributed by atoms with Crippen molar-refractivity contribution in [2.24, 2.45) is 0 Å². The van der Waals surface area contributed by atoms with E-state index < -0.39 is 0 Å². The predicted molar refractivity (Wildman–Crippen MR) is 72.0 cm³/mol. The van der Waals surface area contributed by atoms with Crippen molar-refractivity contribution < 1.29 is 4.79 Å². The lowest BCUT2D eigenvalue weighted by Crippen LogP contribution is -2.20. The number of rotatable bonds is 1. The lowest BCUT2D eigenvalue weighted by molar-refractivity contribution is -0.112. The van der Waals surface area contributed by atoms with Gasteiger partial charge in [-0.25, -0.2) is 4.98 Å². The standard InChI is InChI=1S/C15H12N2O/c1-17-14-12(8-5-9-16-14)13(15(17)18)10-11-6-3-2-4-7-11/h2-10H,1H3/b13-10+. The summed E-state index contributed by atoms with van der Waals surface area (Å²) in [6.45, 7) is 0. The Morgan fingerprint density at radius 3 is 2.67 bits per heavy atom. The van der Waals surface area contributed by atoms with E-state index >= 15 is 0 Å². The number of carbonyl (C=O) groups is 1. The maximum absolute atomic E-state index is 12.2. The second-order valence-corrected chi connectivity index (χ2v) is 4.21. The summed E-state index contributed by atoms with van der Waals surface area (Å²) in [4.78, 5) is 18.0. The van der Waals surface area contributed by atoms with Gasteiger partial charge in [0.1, 0.15) is 5.82 Å². The van der Waals surface area contributed by atoms with Crippen LogP contribution < -0.4 is 4.90 Å². The van der Waals surface area contributed by atoms with E-state index in [1.807, 2.05) is 48.5 Å². The molecule has 0 saturated heterocycles. The van der Waals surface area contributed by atoms with Gasteiger partial charge in [0.2, 0.25) is 0 Å². The zero-order chi connectivity index (χ0) is 12.5. The Bertz CT molecular complexity index is 632. The number of anilines is 1. The average Bonchev–Trinajstić information content (AvgIpc) is 2.66. The van der Waals surface area contributed by atoms with E-state index in [4.69, 9.17) is 0 Å². The Balaban J connectivity index is 2.14. The molecule has 0 saturated carbocycles. The lowest BCUT2D eigenvalue weighted by atomic mass is 10.1. The molecule has 18 heavy (non-hydrogen) atoms. The molecule has 0 N–H and O–H groups in total. The molecular weight excluding hydrogens is 224 g/mol. The number of hydrogen-bond acceptors (Lipinski definition) is 2. The second kappa shape index (κ2) is 4.11. The first kappa shape index (κ1) is 10.7. The molecule has 0 bridgehead atoms. The Hall–Kier alpha value is -2.42. The second-order valence-electron chi connectivity index (χ2n) is 4.21. The first-order chi connectivity index (χ1) is 8.77. The zero-order valence-corrected chi connectivity index (χ0v) is 10.00. The molecule has 1 aromatic carbocycles. The van der Waals surface area contributed by atoms with Gasteiger partial charge >= 0.3 is 0 Å². The van der Waals surface area contributed by atoms with Crippen molar-refractivity contribution in [3.8, 4) is 0 Å². The Morgan fingerprint density at radius 1 is 1.11 bits per heavy atom. The zero-order valence-electron chi connectivity index (χ0n) is 10.00. The molecule has 3 nitrogen and oxygen atoms in total. The minimum atomic E-state index is -0.00690. The molecule has 0 aliphatic carbocycles. The summed E-state index contributed by atoms with van der Waals surface area (Å²) < 4.78 is 0. The number of benzene rings is 1. The van der Waals surface area contributed by atoms with Gasteiger partial charge in [-0.2, -0.15) is 0 Å². The Morgan fingerprint density at radius 2 is 1.89 bits per heavy atom. The van der Waals surface area contributed by atoms with Crippen LogP contribution in [0.4, 0.5) is 5.82 Å². The smallest absolute Gasteiger partial charge is 0.259 e. The summed E-state index contributed by atoms with van der Waals surface area (Å²) in [6.07, 6.45) is 3.61. The molecule has 0 radical (unpaired) electrons. The van der Waals surface area contributed by atoms with Crippen molar-refractivity contribution in [2.45, 2.75) is 0 Å². The van der Waals surface area contributed by atoms with E-state index in [1.54, 1.807) is 18.1 Å². The fraction of sp³-hybridized carbons (Fsp3) is 0.0667. The molecule has 88 valence electrons. The van der Waals surface area contributed by atoms with Crippen molar-refractivity contribution in [3.63, 3.8) is 0 Å². The van der Waals surface area contributed by atoms with Crippen LogP contribution in [0.3, 0.4) is 0 Å². The van der Waals surface area contributed by atoms with Crippen LogP contribution in [0, 0.1) is 0 Å². The summed E-state index contributed by atoms with van der Waals surface area (Å²) in [6, 6.07) is 13.6. The molecule has 0 unspecified atom stereocenters. The first-order valence-electron chi connectivity index (χ1n) is 5.77. The molecule has 0 atom stereocenters. The van der Waals surface area contributed by atoms with Gasteiger partial charge in [-0.1, -0.05) is 30.3 Å². The topological polar surface area (TPSA) is 33.2 Å². The van der Waals surface area contributed by atoms with Gasteiger partial charge in [-0.15, -0.1) is 0 Å². The number of pyridine rings is 1. The monoisotopic (exact) mass is 236 g/mol. The number of likely N-dealkylation sites (N-methyl/N-ethyl adjacent to an activating group) is 1. The number of hydrogen-bond donors (Lipinski definition) is 0. The summed E-state index contributed by atoms with van der Waals surface area (Å²) >= 11 is 0. The highest BCUT2D eigenvalue weighted by molar-refractivity contribution is 6.35. The van der Waals surface area contributed by atoms with Crippen molar-refractivity contribution in [1.29, 1.82) is 0 Å². The summed E-state index contributed by atoms with van der Waals surface area (Å²) in [5, 5.41) is 0. The van der Waals surface area contributed by atoms with Crippen LogP contribution in [-0.2, 0) is 4.79 Å². The molecule has 1 aliphatic rings. The number of amides is 1. The largest absolute Gasteiger partial charge is 0.295 e. The predicted octanol–water partition coefficient (Wildman–Crippen LogP) is 2.60. The number of nitrogens with zero attached hydrogens (tertiary/aromatic N) is 2. The fourth-order valence-corrected chi connectivity index (χ4v) is 2.12. The SMILES string of the molecule is CN1C(=O)/C(=C/c2ccccc2)c2cccnc21. The van der Waals surface area contributed by atoms with Crippen LogP contribution in [0.2, 0.25) is 0 Å². The molecular formula is C15H12N2O. The number of aromatic nitrogens is 1. The first-order valence-corrected chi connectivity index (χ1v) is 5.77. The maximum atomic E-state index is 12.2. The molecule has 1 amide bonds. The molecule has 0 fully saturated rings. The van der Waals surface area contributed by atoms with Crippen LogP contribution in [0.25, 0.3) is 11.6 Å². The van der Waals surface area contributed by atoms with E-state index in [9.17, 15) is 4.79 Å². The molecule has 3 heteroatoms. The van der Waals surface area contributed by atoms with Crippen LogP contribution in [0.5, 0.6) is 0 Å². The third-order valence-electron chi connectivity index (χ3n) is 3.04. The molecule has 0 spiro atoms. The molecule has 1 aromatic heterocycles. The maximum Gasteiger partial charge on any atom is 0.259 e. The van der Waals surface area contributed by atoms with Gasteiger partial charge < -0.3 is 0 Å². The summed E-state index contributed by atoms with van der Waals surface area (Å²) in [5.41, 5.74) is 2.62. The molecule has 3 rings (SSSR count). The molecule has 2 aromatic rings. The molecule has 2 heterocycles. The van der Waals surface area contributed by atoms with Gasteiger partial charge in [-0.05, 0) is 23.8 Å². The van der Waals surface area contributed by atoms with Crippen molar-refractivity contribution >= 4 is 23.4 Å². The third-order valence-corrected chi connectivity index (χ3v) is 3.04. The van der Waals surface area contributed by atoms with Gasteiger partial charge in [0.05, 0.1) is 5.57 Å². The normalized spacial score (nSPS) is 16.2. The van der Waals surface area contributed by atoms with Crippen LogP contribution in [0.1, 0.15) is 11.1 Å². The van der Waals surface area contributed by atoms with E-state index in [1.165, 1.54) is 0 Å². The highest BCUT2D eigenvalue weighted by Crippen LogP contribution is 2.34. The van der Waals surface area contributed by atoms with Crippen molar-refractivity contribution in [3.05, 3.63) is 59.8 Å². The van der Waals surface area contributed by atoms with Crippen molar-refractivity contribution in [1.82, 2.24) is 4.98 Å².